The molecule has 1 N–H and O–H groups in total. The van der Waals surface area contributed by atoms with Crippen LogP contribution in [0, 0.1) is 5.92 Å². The largest absolute Gasteiger partial charge is 0.301 e. The molecule has 32 heavy (non-hydrogen) atoms. The van der Waals surface area contributed by atoms with E-state index in [4.69, 9.17) is 4.84 Å². The maximum Gasteiger partial charge on any atom is 0.296 e. The lowest BCUT2D eigenvalue weighted by Gasteiger charge is -2.51. The van der Waals surface area contributed by atoms with E-state index >= 15 is 0 Å². The molecule has 176 valence electrons. The van der Waals surface area contributed by atoms with Crippen LogP contribution in [0.15, 0.2) is 30.3 Å². The Kier molecular flexibility index (Phi) is 6.84. The van der Waals surface area contributed by atoms with Crippen molar-refractivity contribution in [3.63, 3.8) is 0 Å². The number of benzene rings is 1. The summed E-state index contributed by atoms with van der Waals surface area (Å²) < 4.78 is 0. The Morgan fingerprint density at radius 1 is 1.03 bits per heavy atom. The molecule has 4 aliphatic rings. The Labute approximate surface area is 193 Å². The van der Waals surface area contributed by atoms with E-state index in [1.54, 1.807) is 5.06 Å². The van der Waals surface area contributed by atoms with Crippen molar-refractivity contribution < 1.29 is 9.63 Å². The van der Waals surface area contributed by atoms with Crippen molar-refractivity contribution in [3.05, 3.63) is 35.9 Å². The van der Waals surface area contributed by atoms with E-state index in [-0.39, 0.29) is 11.9 Å². The highest BCUT2D eigenvalue weighted by Crippen LogP contribution is 2.37. The molecule has 1 aliphatic carbocycles. The molecule has 1 aromatic rings. The fourth-order valence-electron chi connectivity index (χ4n) is 6.38. The molecule has 0 bridgehead atoms. The number of carbonyl (C=O) groups excluding carboxylic acids is 1. The standard InChI is InChI=1S/C26H40N4O2/c1-27-26(25(31)30(32-26)23-10-6-3-7-11-23)15-19-29-18-14-22-13-17-28(20-24(22)29)16-12-21-8-4-2-5-9-21/h2,4-5,8-9,22-24,27H,3,6-7,10-20H2,1H3. The summed E-state index contributed by atoms with van der Waals surface area (Å²) in [4.78, 5) is 24.5. The summed E-state index contributed by atoms with van der Waals surface area (Å²) in [6.45, 7) is 5.60. The number of hydrogen-bond acceptors (Lipinski definition) is 5. The van der Waals surface area contributed by atoms with Crippen molar-refractivity contribution in [2.24, 2.45) is 5.92 Å². The second-order valence-corrected chi connectivity index (χ2v) is 10.3. The third-order valence-corrected chi connectivity index (χ3v) is 8.48. The fraction of sp³-hybridized carbons (Fsp3) is 0.731. The first-order valence-corrected chi connectivity index (χ1v) is 12.9. The molecule has 3 saturated heterocycles. The number of likely N-dealkylation sites (N-methyl/N-ethyl adjacent to an activating group) is 1. The SMILES string of the molecule is CNC1(CCN2CCC3CCN(CCc4ccccc4)CC32)ON(C2CCCCC2)C1=O. The van der Waals surface area contributed by atoms with Crippen LogP contribution in [0.3, 0.4) is 0 Å². The summed E-state index contributed by atoms with van der Waals surface area (Å²) in [6.07, 6.45) is 10.3. The zero-order valence-corrected chi connectivity index (χ0v) is 19.7. The molecular formula is C26H40N4O2. The summed E-state index contributed by atoms with van der Waals surface area (Å²) in [5, 5.41) is 4.92. The van der Waals surface area contributed by atoms with E-state index in [2.05, 4.69) is 45.4 Å². The zero-order chi connectivity index (χ0) is 22.0. The molecular weight excluding hydrogens is 400 g/mol. The number of amides is 1. The fourth-order valence-corrected chi connectivity index (χ4v) is 6.38. The Balaban J connectivity index is 1.13. The number of fused-ring (bicyclic) bond motifs is 1. The second kappa shape index (κ2) is 9.80. The van der Waals surface area contributed by atoms with E-state index in [9.17, 15) is 4.79 Å². The summed E-state index contributed by atoms with van der Waals surface area (Å²) in [5.41, 5.74) is 0.619. The van der Waals surface area contributed by atoms with Gasteiger partial charge in [0.25, 0.3) is 5.91 Å². The van der Waals surface area contributed by atoms with Crippen LogP contribution in [-0.4, -0.2) is 78.4 Å². The number of nitrogens with one attached hydrogen (secondary N) is 1. The van der Waals surface area contributed by atoms with Gasteiger partial charge in [-0.2, -0.15) is 0 Å². The molecule has 3 unspecified atom stereocenters. The van der Waals surface area contributed by atoms with Crippen LogP contribution in [0.25, 0.3) is 0 Å². The number of hydroxylamine groups is 2. The minimum Gasteiger partial charge on any atom is -0.301 e. The van der Waals surface area contributed by atoms with Gasteiger partial charge in [0.05, 0.1) is 6.04 Å². The Hall–Kier alpha value is -1.47. The third kappa shape index (κ3) is 4.47. The Morgan fingerprint density at radius 2 is 1.81 bits per heavy atom. The third-order valence-electron chi connectivity index (χ3n) is 8.48. The predicted octanol–water partition coefficient (Wildman–Crippen LogP) is 3.04. The smallest absolute Gasteiger partial charge is 0.296 e. The van der Waals surface area contributed by atoms with Gasteiger partial charge in [-0.3, -0.25) is 15.0 Å². The molecule has 0 radical (unpaired) electrons. The molecule has 0 spiro atoms. The Bertz CT molecular complexity index is 768. The molecule has 4 fully saturated rings. The van der Waals surface area contributed by atoms with Crippen LogP contribution in [0.2, 0.25) is 0 Å². The summed E-state index contributed by atoms with van der Waals surface area (Å²) >= 11 is 0. The van der Waals surface area contributed by atoms with Crippen molar-refractivity contribution in [1.82, 2.24) is 20.2 Å². The van der Waals surface area contributed by atoms with Gasteiger partial charge in [0, 0.05) is 32.1 Å². The maximum atomic E-state index is 13.1. The van der Waals surface area contributed by atoms with Gasteiger partial charge in [0.15, 0.2) is 0 Å². The lowest BCUT2D eigenvalue weighted by atomic mass is 9.91. The van der Waals surface area contributed by atoms with E-state index < -0.39 is 5.72 Å². The molecule has 3 heterocycles. The molecule has 3 atom stereocenters. The topological polar surface area (TPSA) is 48.0 Å². The van der Waals surface area contributed by atoms with Crippen molar-refractivity contribution in [3.8, 4) is 0 Å². The summed E-state index contributed by atoms with van der Waals surface area (Å²) in [5.74, 6) is 0.959. The number of hydrogen-bond donors (Lipinski definition) is 1. The number of nitrogens with zero attached hydrogens (tertiary/aromatic N) is 3. The second-order valence-electron chi connectivity index (χ2n) is 10.3. The predicted molar refractivity (Wildman–Crippen MR) is 126 cm³/mol. The molecule has 6 nitrogen and oxygen atoms in total. The quantitative estimate of drug-likeness (QED) is 0.673. The van der Waals surface area contributed by atoms with Gasteiger partial charge in [-0.1, -0.05) is 49.6 Å². The van der Waals surface area contributed by atoms with Crippen LogP contribution < -0.4 is 5.32 Å². The number of carbonyl (C=O) groups is 1. The number of likely N-dealkylation sites (tertiary alicyclic amines) is 2. The summed E-state index contributed by atoms with van der Waals surface area (Å²) in [6, 6.07) is 11.7. The van der Waals surface area contributed by atoms with Crippen LogP contribution in [0.1, 0.15) is 56.9 Å². The molecule has 1 amide bonds. The average Bonchev–Trinajstić information content (AvgIpc) is 3.26. The van der Waals surface area contributed by atoms with Crippen molar-refractivity contribution in [2.75, 3.05) is 39.8 Å². The van der Waals surface area contributed by atoms with Gasteiger partial charge in [0.2, 0.25) is 5.72 Å². The number of rotatable bonds is 8. The van der Waals surface area contributed by atoms with Crippen molar-refractivity contribution >= 4 is 5.91 Å². The highest BCUT2D eigenvalue weighted by Gasteiger charge is 2.56. The maximum absolute atomic E-state index is 13.1. The zero-order valence-electron chi connectivity index (χ0n) is 19.7. The van der Waals surface area contributed by atoms with Gasteiger partial charge in [-0.05, 0) is 63.7 Å². The Morgan fingerprint density at radius 3 is 2.56 bits per heavy atom. The normalized spacial score (nSPS) is 32.2. The van der Waals surface area contributed by atoms with Gasteiger partial charge in [-0.15, -0.1) is 0 Å². The van der Waals surface area contributed by atoms with E-state index in [0.29, 0.717) is 6.04 Å². The molecule has 6 heteroatoms. The van der Waals surface area contributed by atoms with Gasteiger partial charge < -0.3 is 4.90 Å². The number of piperidine rings is 1. The monoisotopic (exact) mass is 440 g/mol. The van der Waals surface area contributed by atoms with Crippen LogP contribution >= 0.6 is 0 Å². The minimum absolute atomic E-state index is 0.149. The van der Waals surface area contributed by atoms with E-state index in [1.165, 1.54) is 44.2 Å². The first-order chi connectivity index (χ1) is 15.7. The van der Waals surface area contributed by atoms with Crippen LogP contribution in [-0.2, 0) is 16.1 Å². The average molecular weight is 441 g/mol. The molecule has 1 saturated carbocycles. The van der Waals surface area contributed by atoms with Gasteiger partial charge in [-0.25, -0.2) is 9.90 Å². The van der Waals surface area contributed by atoms with E-state index in [0.717, 1.165) is 57.8 Å². The molecule has 5 rings (SSSR count). The molecule has 1 aromatic carbocycles. The van der Waals surface area contributed by atoms with Gasteiger partial charge in [0.1, 0.15) is 0 Å². The first kappa shape index (κ1) is 22.3. The van der Waals surface area contributed by atoms with Crippen molar-refractivity contribution in [1.29, 1.82) is 0 Å². The van der Waals surface area contributed by atoms with Crippen LogP contribution in [0.5, 0.6) is 0 Å². The first-order valence-electron chi connectivity index (χ1n) is 12.9. The van der Waals surface area contributed by atoms with Gasteiger partial charge >= 0.3 is 0 Å². The summed E-state index contributed by atoms with van der Waals surface area (Å²) in [7, 11) is 1.87. The van der Waals surface area contributed by atoms with Crippen molar-refractivity contribution in [2.45, 2.75) is 75.6 Å². The highest BCUT2D eigenvalue weighted by atomic mass is 16.8. The van der Waals surface area contributed by atoms with E-state index in [1.807, 2.05) is 7.05 Å². The minimum atomic E-state index is -0.808. The van der Waals surface area contributed by atoms with Crippen LogP contribution in [0.4, 0.5) is 0 Å². The molecule has 3 aliphatic heterocycles. The molecule has 0 aromatic heterocycles. The lowest BCUT2D eigenvalue weighted by molar-refractivity contribution is -0.333. The highest BCUT2D eigenvalue weighted by molar-refractivity contribution is 5.88. The lowest BCUT2D eigenvalue weighted by Crippen LogP contribution is -2.73.